The Morgan fingerprint density at radius 1 is 1.50 bits per heavy atom. The average molecular weight is 322 g/mol. The fourth-order valence-corrected chi connectivity index (χ4v) is 3.48. The van der Waals surface area contributed by atoms with E-state index in [1.54, 1.807) is 0 Å². The number of carbonyl (C=O) groups is 1. The monoisotopic (exact) mass is 321 g/mol. The van der Waals surface area contributed by atoms with Gasteiger partial charge in [-0.1, -0.05) is 11.6 Å². The molecule has 0 unspecified atom stereocenters. The topological polar surface area (TPSA) is 74.7 Å². The fourth-order valence-electron chi connectivity index (χ4n) is 1.84. The number of carboxylic acid groups (broad SMARTS) is 1. The van der Waals surface area contributed by atoms with Gasteiger partial charge in [0.05, 0.1) is 5.56 Å². The summed E-state index contributed by atoms with van der Waals surface area (Å²) in [7, 11) is -2.75. The summed E-state index contributed by atoms with van der Waals surface area (Å²) in [5.41, 5.74) is -0.754. The van der Waals surface area contributed by atoms with Gasteiger partial charge < -0.3 is 5.11 Å². The zero-order valence-electron chi connectivity index (χ0n) is 10.6. The largest absolute Gasteiger partial charge is 0.478 e. The molecule has 1 aromatic carbocycles. The summed E-state index contributed by atoms with van der Waals surface area (Å²) in [5, 5.41) is 8.73. The summed E-state index contributed by atoms with van der Waals surface area (Å²) >= 11 is 5.68. The molecule has 5 nitrogen and oxygen atoms in total. The first-order chi connectivity index (χ1) is 9.23. The van der Waals surface area contributed by atoms with Gasteiger partial charge in [0.15, 0.2) is 5.82 Å². The molecule has 0 radical (unpaired) electrons. The number of rotatable bonds is 5. The molecule has 1 aliphatic carbocycles. The predicted octanol–water partition coefficient (Wildman–Crippen LogP) is 2.21. The number of hydrogen-bond donors (Lipinski definition) is 1. The van der Waals surface area contributed by atoms with E-state index in [4.69, 9.17) is 16.7 Å². The highest BCUT2D eigenvalue weighted by Crippen LogP contribution is 2.32. The number of benzene rings is 1. The molecule has 1 fully saturated rings. The number of nitrogens with zero attached hydrogens (tertiary/aromatic N) is 1. The molecule has 1 aromatic rings. The minimum atomic E-state index is -4.09. The lowest BCUT2D eigenvalue weighted by Crippen LogP contribution is -2.30. The van der Waals surface area contributed by atoms with Gasteiger partial charge in [0.25, 0.3) is 0 Å². The Bertz CT molecular complexity index is 658. The first kappa shape index (κ1) is 15.2. The molecule has 0 bridgehead atoms. The second-order valence-electron chi connectivity index (χ2n) is 4.80. The highest BCUT2D eigenvalue weighted by molar-refractivity contribution is 7.89. The van der Waals surface area contributed by atoms with Gasteiger partial charge in [0.1, 0.15) is 4.90 Å². The lowest BCUT2D eigenvalue weighted by molar-refractivity contribution is 0.0691. The van der Waals surface area contributed by atoms with E-state index in [1.807, 2.05) is 0 Å². The van der Waals surface area contributed by atoms with Crippen LogP contribution in [-0.2, 0) is 10.0 Å². The third-order valence-corrected chi connectivity index (χ3v) is 5.18. The molecule has 0 saturated heterocycles. The summed E-state index contributed by atoms with van der Waals surface area (Å²) in [6, 6.07) is 1.82. The predicted molar refractivity (Wildman–Crippen MR) is 70.9 cm³/mol. The van der Waals surface area contributed by atoms with Gasteiger partial charge in [-0.3, -0.25) is 0 Å². The second-order valence-corrected chi connectivity index (χ2v) is 7.25. The third-order valence-electron chi connectivity index (χ3n) is 3.13. The Morgan fingerprint density at radius 2 is 2.10 bits per heavy atom. The van der Waals surface area contributed by atoms with Gasteiger partial charge in [0.2, 0.25) is 10.0 Å². The number of sulfonamides is 1. The fraction of sp³-hybridized carbons (Fsp3) is 0.417. The van der Waals surface area contributed by atoms with Crippen molar-refractivity contribution in [2.45, 2.75) is 17.7 Å². The molecule has 2 rings (SSSR count). The van der Waals surface area contributed by atoms with E-state index in [0.29, 0.717) is 0 Å². The molecule has 110 valence electrons. The van der Waals surface area contributed by atoms with Crippen LogP contribution in [0.15, 0.2) is 17.0 Å². The second kappa shape index (κ2) is 5.31. The Morgan fingerprint density at radius 3 is 2.60 bits per heavy atom. The lowest BCUT2D eigenvalue weighted by atomic mass is 10.2. The first-order valence-electron chi connectivity index (χ1n) is 5.92. The highest BCUT2D eigenvalue weighted by Gasteiger charge is 2.32. The first-order valence-corrected chi connectivity index (χ1v) is 7.74. The van der Waals surface area contributed by atoms with Crippen LogP contribution >= 0.6 is 11.6 Å². The Balaban J connectivity index is 2.47. The molecule has 1 N–H and O–H groups in total. The van der Waals surface area contributed by atoms with Gasteiger partial charge in [-0.05, 0) is 30.9 Å². The zero-order chi connectivity index (χ0) is 15.1. The number of hydrogen-bond acceptors (Lipinski definition) is 3. The number of carboxylic acids is 1. The summed E-state index contributed by atoms with van der Waals surface area (Å²) in [4.78, 5) is 10.2. The zero-order valence-corrected chi connectivity index (χ0v) is 12.2. The van der Waals surface area contributed by atoms with Crippen LogP contribution < -0.4 is 0 Å². The van der Waals surface area contributed by atoms with Crippen molar-refractivity contribution < 1.29 is 22.7 Å². The molecule has 20 heavy (non-hydrogen) atoms. The maximum absolute atomic E-state index is 14.1. The number of halogens is 2. The maximum Gasteiger partial charge on any atom is 0.338 e. The molecular formula is C12H13ClFNO4S. The molecule has 8 heteroatoms. The molecule has 0 aliphatic heterocycles. The van der Waals surface area contributed by atoms with E-state index < -0.39 is 32.3 Å². The van der Waals surface area contributed by atoms with Crippen LogP contribution in [0, 0.1) is 11.7 Å². The van der Waals surface area contributed by atoms with Crippen molar-refractivity contribution in [2.24, 2.45) is 5.92 Å². The normalized spacial score (nSPS) is 15.6. The summed E-state index contributed by atoms with van der Waals surface area (Å²) in [6.07, 6.45) is 1.89. The number of aromatic carboxylic acids is 1. The molecule has 0 atom stereocenters. The van der Waals surface area contributed by atoms with Crippen molar-refractivity contribution in [2.75, 3.05) is 13.6 Å². The third kappa shape index (κ3) is 2.94. The standard InChI is InChI=1S/C12H13ClFNO4S/c1-15(6-7-2-3-7)20(18,19)10-5-8(13)4-9(11(10)14)12(16)17/h4-5,7H,2-3,6H2,1H3,(H,16,17). The van der Waals surface area contributed by atoms with Gasteiger partial charge in [0, 0.05) is 18.6 Å². The quantitative estimate of drug-likeness (QED) is 0.902. The van der Waals surface area contributed by atoms with E-state index >= 15 is 0 Å². The minimum Gasteiger partial charge on any atom is -0.478 e. The Labute approximate surface area is 121 Å². The van der Waals surface area contributed by atoms with Crippen LogP contribution in [0.3, 0.4) is 0 Å². The molecular weight excluding hydrogens is 309 g/mol. The molecule has 0 spiro atoms. The van der Waals surface area contributed by atoms with Crippen molar-refractivity contribution in [1.29, 1.82) is 0 Å². The van der Waals surface area contributed by atoms with Crippen LogP contribution in [0.1, 0.15) is 23.2 Å². The minimum absolute atomic E-state index is 0.137. The SMILES string of the molecule is CN(CC1CC1)S(=O)(=O)c1cc(Cl)cc(C(=O)O)c1F. The Hall–Kier alpha value is -1.18. The maximum atomic E-state index is 14.1. The molecule has 0 amide bonds. The van der Waals surface area contributed by atoms with E-state index in [2.05, 4.69) is 0 Å². The van der Waals surface area contributed by atoms with Gasteiger partial charge in [-0.15, -0.1) is 0 Å². The lowest BCUT2D eigenvalue weighted by Gasteiger charge is -2.18. The van der Waals surface area contributed by atoms with E-state index in [1.165, 1.54) is 7.05 Å². The van der Waals surface area contributed by atoms with Gasteiger partial charge in [-0.2, -0.15) is 0 Å². The van der Waals surface area contributed by atoms with Crippen LogP contribution in [0.5, 0.6) is 0 Å². The van der Waals surface area contributed by atoms with Crippen molar-refractivity contribution in [3.8, 4) is 0 Å². The average Bonchev–Trinajstić information content (AvgIpc) is 3.14. The van der Waals surface area contributed by atoms with Crippen LogP contribution in [0.4, 0.5) is 4.39 Å². The highest BCUT2D eigenvalue weighted by atomic mass is 35.5. The van der Waals surface area contributed by atoms with Crippen LogP contribution in [0.2, 0.25) is 5.02 Å². The Kier molecular flexibility index (Phi) is 4.04. The van der Waals surface area contributed by atoms with Crippen molar-refractivity contribution in [3.63, 3.8) is 0 Å². The van der Waals surface area contributed by atoms with Crippen LogP contribution in [-0.4, -0.2) is 37.4 Å². The van der Waals surface area contributed by atoms with Gasteiger partial charge >= 0.3 is 5.97 Å². The summed E-state index contributed by atoms with van der Waals surface area (Å²) < 4.78 is 39.7. The van der Waals surface area contributed by atoms with E-state index in [9.17, 15) is 17.6 Å². The van der Waals surface area contributed by atoms with Crippen molar-refractivity contribution in [3.05, 3.63) is 28.5 Å². The molecule has 0 aromatic heterocycles. The van der Waals surface area contributed by atoms with Gasteiger partial charge in [-0.25, -0.2) is 21.9 Å². The van der Waals surface area contributed by atoms with Crippen molar-refractivity contribution in [1.82, 2.24) is 4.31 Å². The molecule has 1 saturated carbocycles. The summed E-state index contributed by atoms with van der Waals surface area (Å²) in [6.45, 7) is 0.288. The van der Waals surface area contributed by atoms with Crippen LogP contribution in [0.25, 0.3) is 0 Å². The smallest absolute Gasteiger partial charge is 0.338 e. The summed E-state index contributed by atoms with van der Waals surface area (Å²) in [5.74, 6) is -2.56. The van der Waals surface area contributed by atoms with E-state index in [0.717, 1.165) is 29.3 Å². The van der Waals surface area contributed by atoms with Crippen molar-refractivity contribution >= 4 is 27.6 Å². The molecule has 1 aliphatic rings. The van der Waals surface area contributed by atoms with E-state index in [-0.39, 0.29) is 17.5 Å². The molecule has 0 heterocycles.